The van der Waals surface area contributed by atoms with Crippen molar-refractivity contribution < 1.29 is 4.39 Å². The van der Waals surface area contributed by atoms with Crippen LogP contribution in [-0.4, -0.2) is 25.0 Å². The Morgan fingerprint density at radius 3 is 2.42 bits per heavy atom. The number of para-hydroxylation sites is 1. The molecule has 2 aromatic rings. The Bertz CT molecular complexity index is 499. The summed E-state index contributed by atoms with van der Waals surface area (Å²) in [5.41, 5.74) is 1.85. The van der Waals surface area contributed by atoms with Crippen LogP contribution in [0.15, 0.2) is 54.6 Å². The third-order valence-electron chi connectivity index (χ3n) is 2.99. The summed E-state index contributed by atoms with van der Waals surface area (Å²) in [4.78, 5) is 2.11. The lowest BCUT2D eigenvalue weighted by Crippen LogP contribution is -2.25. The number of halogens is 1. The van der Waals surface area contributed by atoms with Crippen molar-refractivity contribution in [3.05, 3.63) is 66.0 Å². The number of nitrogens with zero attached hydrogens (tertiary/aromatic N) is 1. The molecule has 2 nitrogen and oxygen atoms in total. The monoisotopic (exact) mass is 258 g/mol. The fourth-order valence-electron chi connectivity index (χ4n) is 1.94. The van der Waals surface area contributed by atoms with Crippen LogP contribution in [-0.2, 0) is 6.54 Å². The Hall–Kier alpha value is -1.87. The van der Waals surface area contributed by atoms with E-state index in [2.05, 4.69) is 10.2 Å². The van der Waals surface area contributed by atoms with Gasteiger partial charge in [-0.05, 0) is 25.2 Å². The van der Waals surface area contributed by atoms with Crippen LogP contribution < -0.4 is 5.32 Å². The lowest BCUT2D eigenvalue weighted by Gasteiger charge is -2.17. The summed E-state index contributed by atoms with van der Waals surface area (Å²) in [7, 11) is 2.00. The molecule has 0 amide bonds. The maximum atomic E-state index is 13.5. The SMILES string of the molecule is CN(CCNc1ccccc1)Cc1ccccc1F. The Balaban J connectivity index is 1.76. The molecule has 0 saturated carbocycles. The first-order chi connectivity index (χ1) is 9.25. The maximum Gasteiger partial charge on any atom is 0.127 e. The molecule has 0 atom stereocenters. The van der Waals surface area contributed by atoms with Crippen molar-refractivity contribution in [1.82, 2.24) is 4.90 Å². The van der Waals surface area contributed by atoms with E-state index in [1.807, 2.05) is 49.5 Å². The minimum Gasteiger partial charge on any atom is -0.384 e. The van der Waals surface area contributed by atoms with Gasteiger partial charge in [0.1, 0.15) is 5.82 Å². The lowest BCUT2D eigenvalue weighted by atomic mass is 10.2. The van der Waals surface area contributed by atoms with Gasteiger partial charge in [0.25, 0.3) is 0 Å². The molecule has 0 bridgehead atoms. The summed E-state index contributed by atoms with van der Waals surface area (Å²) < 4.78 is 13.5. The van der Waals surface area contributed by atoms with E-state index in [-0.39, 0.29) is 5.82 Å². The standard InChI is InChI=1S/C16H19FN2/c1-19(13-14-7-5-6-10-16(14)17)12-11-18-15-8-3-2-4-9-15/h2-10,18H,11-13H2,1H3. The first-order valence-electron chi connectivity index (χ1n) is 6.46. The fourth-order valence-corrected chi connectivity index (χ4v) is 1.94. The second kappa shape index (κ2) is 6.90. The number of hydrogen-bond acceptors (Lipinski definition) is 2. The van der Waals surface area contributed by atoms with E-state index in [0.717, 1.165) is 24.3 Å². The van der Waals surface area contributed by atoms with Gasteiger partial charge in [-0.3, -0.25) is 0 Å². The van der Waals surface area contributed by atoms with E-state index in [0.29, 0.717) is 6.54 Å². The molecule has 0 unspecified atom stereocenters. The number of anilines is 1. The molecular formula is C16H19FN2. The van der Waals surface area contributed by atoms with Crippen LogP contribution >= 0.6 is 0 Å². The molecule has 0 radical (unpaired) electrons. The number of rotatable bonds is 6. The molecule has 19 heavy (non-hydrogen) atoms. The highest BCUT2D eigenvalue weighted by Crippen LogP contribution is 2.09. The van der Waals surface area contributed by atoms with Crippen molar-refractivity contribution >= 4 is 5.69 Å². The van der Waals surface area contributed by atoms with E-state index in [1.165, 1.54) is 6.07 Å². The second-order valence-corrected chi connectivity index (χ2v) is 4.62. The number of nitrogens with one attached hydrogen (secondary N) is 1. The van der Waals surface area contributed by atoms with Crippen molar-refractivity contribution in [2.24, 2.45) is 0 Å². The minimum absolute atomic E-state index is 0.134. The van der Waals surface area contributed by atoms with Crippen molar-refractivity contribution in [2.45, 2.75) is 6.54 Å². The molecule has 0 saturated heterocycles. The Kier molecular flexibility index (Phi) is 4.93. The van der Waals surface area contributed by atoms with Gasteiger partial charge in [-0.15, -0.1) is 0 Å². The van der Waals surface area contributed by atoms with Crippen molar-refractivity contribution in [3.8, 4) is 0 Å². The molecule has 3 heteroatoms. The number of hydrogen-bond donors (Lipinski definition) is 1. The predicted molar refractivity (Wildman–Crippen MR) is 77.7 cm³/mol. The zero-order chi connectivity index (χ0) is 13.5. The largest absolute Gasteiger partial charge is 0.384 e. The average Bonchev–Trinajstić information content (AvgIpc) is 2.43. The van der Waals surface area contributed by atoms with E-state index in [1.54, 1.807) is 6.07 Å². The molecule has 100 valence electrons. The smallest absolute Gasteiger partial charge is 0.127 e. The maximum absolute atomic E-state index is 13.5. The highest BCUT2D eigenvalue weighted by atomic mass is 19.1. The van der Waals surface area contributed by atoms with Crippen molar-refractivity contribution in [2.75, 3.05) is 25.5 Å². The highest BCUT2D eigenvalue weighted by Gasteiger charge is 2.04. The van der Waals surface area contributed by atoms with Crippen LogP contribution in [0.2, 0.25) is 0 Å². The number of benzene rings is 2. The normalized spacial score (nSPS) is 10.7. The van der Waals surface area contributed by atoms with E-state index in [4.69, 9.17) is 0 Å². The van der Waals surface area contributed by atoms with E-state index >= 15 is 0 Å². The molecule has 0 aliphatic carbocycles. The van der Waals surface area contributed by atoms with Crippen LogP contribution in [0.1, 0.15) is 5.56 Å². The molecule has 0 aliphatic rings. The molecule has 0 spiro atoms. The van der Waals surface area contributed by atoms with Crippen LogP contribution in [0.4, 0.5) is 10.1 Å². The van der Waals surface area contributed by atoms with Gasteiger partial charge in [-0.1, -0.05) is 36.4 Å². The Labute approximate surface area is 113 Å². The molecular weight excluding hydrogens is 239 g/mol. The molecule has 2 aromatic carbocycles. The summed E-state index contributed by atoms with van der Waals surface area (Å²) >= 11 is 0. The van der Waals surface area contributed by atoms with Gasteiger partial charge in [0.05, 0.1) is 0 Å². The molecule has 0 fully saturated rings. The van der Waals surface area contributed by atoms with Gasteiger partial charge in [-0.2, -0.15) is 0 Å². The topological polar surface area (TPSA) is 15.3 Å². The third-order valence-corrected chi connectivity index (χ3v) is 2.99. The first-order valence-corrected chi connectivity index (χ1v) is 6.46. The van der Waals surface area contributed by atoms with Crippen LogP contribution in [0.3, 0.4) is 0 Å². The van der Waals surface area contributed by atoms with Crippen LogP contribution in [0.25, 0.3) is 0 Å². The summed E-state index contributed by atoms with van der Waals surface area (Å²) in [5.74, 6) is -0.134. The summed E-state index contributed by atoms with van der Waals surface area (Å²) in [6, 6.07) is 17.0. The molecule has 0 aliphatic heterocycles. The highest BCUT2D eigenvalue weighted by molar-refractivity contribution is 5.42. The summed E-state index contributed by atoms with van der Waals surface area (Å²) in [6.45, 7) is 2.33. The van der Waals surface area contributed by atoms with Crippen LogP contribution in [0.5, 0.6) is 0 Å². The van der Waals surface area contributed by atoms with E-state index in [9.17, 15) is 4.39 Å². The molecule has 0 heterocycles. The van der Waals surface area contributed by atoms with Gasteiger partial charge >= 0.3 is 0 Å². The minimum atomic E-state index is -0.134. The zero-order valence-corrected chi connectivity index (χ0v) is 11.1. The summed E-state index contributed by atoms with van der Waals surface area (Å²) in [6.07, 6.45) is 0. The van der Waals surface area contributed by atoms with E-state index < -0.39 is 0 Å². The summed E-state index contributed by atoms with van der Waals surface area (Å²) in [5, 5.41) is 3.34. The van der Waals surface area contributed by atoms with Crippen molar-refractivity contribution in [3.63, 3.8) is 0 Å². The Morgan fingerprint density at radius 2 is 1.68 bits per heavy atom. The van der Waals surface area contributed by atoms with Gasteiger partial charge in [-0.25, -0.2) is 4.39 Å². The van der Waals surface area contributed by atoms with Gasteiger partial charge < -0.3 is 10.2 Å². The van der Waals surface area contributed by atoms with Gasteiger partial charge in [0, 0.05) is 30.9 Å². The molecule has 1 N–H and O–H groups in total. The van der Waals surface area contributed by atoms with Gasteiger partial charge in [0.15, 0.2) is 0 Å². The van der Waals surface area contributed by atoms with Crippen LogP contribution in [0, 0.1) is 5.82 Å². The Morgan fingerprint density at radius 1 is 1.00 bits per heavy atom. The molecule has 0 aromatic heterocycles. The van der Waals surface area contributed by atoms with Gasteiger partial charge in [0.2, 0.25) is 0 Å². The lowest BCUT2D eigenvalue weighted by molar-refractivity contribution is 0.334. The third kappa shape index (κ3) is 4.38. The zero-order valence-electron chi connectivity index (χ0n) is 11.1. The fraction of sp³-hybridized carbons (Fsp3) is 0.250. The first kappa shape index (κ1) is 13.6. The quantitative estimate of drug-likeness (QED) is 0.854. The average molecular weight is 258 g/mol. The predicted octanol–water partition coefficient (Wildman–Crippen LogP) is 3.37. The number of likely N-dealkylation sites (N-methyl/N-ethyl adjacent to an activating group) is 1. The second-order valence-electron chi connectivity index (χ2n) is 4.62. The van der Waals surface area contributed by atoms with Crippen molar-refractivity contribution in [1.29, 1.82) is 0 Å². The molecule has 2 rings (SSSR count).